The first-order valence-electron chi connectivity index (χ1n) is 4.02. The number of carboxylic acid groups (broad SMARTS) is 1. The lowest BCUT2D eigenvalue weighted by molar-refractivity contribution is -0.139. The minimum Gasteiger partial charge on any atom is -0.481 e. The zero-order valence-corrected chi connectivity index (χ0v) is 8.10. The number of thiophene rings is 1. The molecule has 1 aromatic rings. The zero-order valence-electron chi connectivity index (χ0n) is 7.28. The van der Waals surface area contributed by atoms with Crippen molar-refractivity contribution in [3.63, 3.8) is 0 Å². The van der Waals surface area contributed by atoms with Crippen molar-refractivity contribution in [1.82, 2.24) is 0 Å². The number of nitrogens with one attached hydrogen (secondary N) is 1. The molecule has 0 amide bonds. The summed E-state index contributed by atoms with van der Waals surface area (Å²) in [4.78, 5) is 11.5. The zero-order chi connectivity index (χ0) is 9.84. The van der Waals surface area contributed by atoms with E-state index in [-0.39, 0.29) is 5.71 Å². The summed E-state index contributed by atoms with van der Waals surface area (Å²) in [5, 5.41) is 18.3. The number of carbonyl (C=O) groups is 1. The topological polar surface area (TPSA) is 61.2 Å². The van der Waals surface area contributed by atoms with E-state index in [0.717, 1.165) is 4.88 Å². The number of aliphatic carboxylic acids is 1. The maximum absolute atomic E-state index is 10.7. The predicted molar refractivity (Wildman–Crippen MR) is 52.6 cm³/mol. The number of hydrogen-bond acceptors (Lipinski definition) is 3. The van der Waals surface area contributed by atoms with E-state index < -0.39 is 11.9 Å². The second kappa shape index (κ2) is 4.18. The summed E-state index contributed by atoms with van der Waals surface area (Å²) in [7, 11) is 0. The standard InChI is InChI=1S/C9H11NO2S/c1-2-6(9(11)12)8(10)7-4-3-5-13-7/h3-6,10H,2H2,1H3,(H,11,12). The minimum atomic E-state index is -0.916. The predicted octanol–water partition coefficient (Wildman–Crippen LogP) is 2.23. The second-order valence-corrected chi connectivity index (χ2v) is 3.64. The van der Waals surface area contributed by atoms with Crippen molar-refractivity contribution in [1.29, 1.82) is 5.41 Å². The first-order chi connectivity index (χ1) is 6.16. The van der Waals surface area contributed by atoms with E-state index in [2.05, 4.69) is 0 Å². The largest absolute Gasteiger partial charge is 0.481 e. The van der Waals surface area contributed by atoms with Crippen LogP contribution >= 0.6 is 11.3 Å². The van der Waals surface area contributed by atoms with Gasteiger partial charge < -0.3 is 10.5 Å². The first-order valence-corrected chi connectivity index (χ1v) is 4.90. The highest BCUT2D eigenvalue weighted by Crippen LogP contribution is 2.16. The number of carboxylic acids is 1. The Balaban J connectivity index is 2.83. The Morgan fingerprint density at radius 1 is 1.77 bits per heavy atom. The summed E-state index contributed by atoms with van der Waals surface area (Å²) in [6, 6.07) is 3.60. The average Bonchev–Trinajstić information content (AvgIpc) is 2.56. The lowest BCUT2D eigenvalue weighted by Crippen LogP contribution is -2.22. The lowest BCUT2D eigenvalue weighted by atomic mass is 10.00. The van der Waals surface area contributed by atoms with E-state index in [1.165, 1.54) is 11.3 Å². The van der Waals surface area contributed by atoms with Crippen LogP contribution in [0.4, 0.5) is 0 Å². The number of rotatable bonds is 4. The molecule has 1 aromatic heterocycles. The van der Waals surface area contributed by atoms with Crippen LogP contribution in [0, 0.1) is 11.3 Å². The van der Waals surface area contributed by atoms with Gasteiger partial charge in [-0.1, -0.05) is 13.0 Å². The fourth-order valence-electron chi connectivity index (χ4n) is 1.11. The molecule has 13 heavy (non-hydrogen) atoms. The van der Waals surface area contributed by atoms with Crippen LogP contribution in [0.1, 0.15) is 18.2 Å². The Kier molecular flexibility index (Phi) is 3.19. The first kappa shape index (κ1) is 9.92. The van der Waals surface area contributed by atoms with E-state index in [0.29, 0.717) is 6.42 Å². The summed E-state index contributed by atoms with van der Waals surface area (Å²) >= 11 is 1.40. The van der Waals surface area contributed by atoms with Crippen LogP contribution in [0.25, 0.3) is 0 Å². The van der Waals surface area contributed by atoms with Crippen molar-refractivity contribution in [3.8, 4) is 0 Å². The third-order valence-corrected chi connectivity index (χ3v) is 2.74. The van der Waals surface area contributed by atoms with E-state index >= 15 is 0 Å². The molecule has 0 aliphatic heterocycles. The Morgan fingerprint density at radius 3 is 2.85 bits per heavy atom. The van der Waals surface area contributed by atoms with Crippen LogP contribution in [-0.4, -0.2) is 16.8 Å². The molecule has 0 saturated heterocycles. The maximum Gasteiger partial charge on any atom is 0.312 e. The molecule has 0 saturated carbocycles. The minimum absolute atomic E-state index is 0.213. The van der Waals surface area contributed by atoms with Gasteiger partial charge in [0.05, 0.1) is 11.6 Å². The van der Waals surface area contributed by atoms with Crippen molar-refractivity contribution >= 4 is 23.0 Å². The second-order valence-electron chi connectivity index (χ2n) is 2.69. The van der Waals surface area contributed by atoms with E-state index in [1.807, 2.05) is 11.4 Å². The fourth-order valence-corrected chi connectivity index (χ4v) is 1.84. The Morgan fingerprint density at radius 2 is 2.46 bits per heavy atom. The average molecular weight is 197 g/mol. The molecule has 0 radical (unpaired) electrons. The molecule has 0 aromatic carbocycles. The van der Waals surface area contributed by atoms with Crippen molar-refractivity contribution in [2.45, 2.75) is 13.3 Å². The van der Waals surface area contributed by atoms with Crippen molar-refractivity contribution in [2.75, 3.05) is 0 Å². The van der Waals surface area contributed by atoms with Crippen LogP contribution in [0.5, 0.6) is 0 Å². The van der Waals surface area contributed by atoms with Gasteiger partial charge in [-0.25, -0.2) is 0 Å². The van der Waals surface area contributed by atoms with E-state index in [9.17, 15) is 4.79 Å². The molecule has 3 nitrogen and oxygen atoms in total. The fraction of sp³-hybridized carbons (Fsp3) is 0.333. The molecule has 1 atom stereocenters. The number of hydrogen-bond donors (Lipinski definition) is 2. The van der Waals surface area contributed by atoms with Gasteiger partial charge in [0, 0.05) is 4.88 Å². The van der Waals surface area contributed by atoms with Crippen molar-refractivity contribution in [3.05, 3.63) is 22.4 Å². The van der Waals surface area contributed by atoms with Gasteiger partial charge in [0.1, 0.15) is 0 Å². The molecule has 0 aliphatic carbocycles. The molecule has 2 N–H and O–H groups in total. The van der Waals surface area contributed by atoms with Crippen LogP contribution in [0.15, 0.2) is 17.5 Å². The molecule has 0 bridgehead atoms. The third kappa shape index (κ3) is 2.15. The smallest absolute Gasteiger partial charge is 0.312 e. The maximum atomic E-state index is 10.7. The molecular formula is C9H11NO2S. The molecule has 4 heteroatoms. The molecule has 70 valence electrons. The highest BCUT2D eigenvalue weighted by molar-refractivity contribution is 7.12. The van der Waals surface area contributed by atoms with Gasteiger partial charge in [-0.15, -0.1) is 11.3 Å². The molecule has 1 heterocycles. The van der Waals surface area contributed by atoms with Crippen molar-refractivity contribution in [2.24, 2.45) is 5.92 Å². The highest BCUT2D eigenvalue weighted by atomic mass is 32.1. The molecule has 1 unspecified atom stereocenters. The van der Waals surface area contributed by atoms with Crippen LogP contribution in [0.3, 0.4) is 0 Å². The quantitative estimate of drug-likeness (QED) is 0.727. The summed E-state index contributed by atoms with van der Waals surface area (Å²) in [5.41, 5.74) is 0.213. The summed E-state index contributed by atoms with van der Waals surface area (Å²) in [6.45, 7) is 1.78. The van der Waals surface area contributed by atoms with Gasteiger partial charge in [0.15, 0.2) is 0 Å². The molecule has 0 fully saturated rings. The van der Waals surface area contributed by atoms with Crippen molar-refractivity contribution < 1.29 is 9.90 Å². The highest BCUT2D eigenvalue weighted by Gasteiger charge is 2.22. The van der Waals surface area contributed by atoms with Gasteiger partial charge in [-0.2, -0.15) is 0 Å². The Bertz CT molecular complexity index is 305. The van der Waals surface area contributed by atoms with Crippen LogP contribution in [-0.2, 0) is 4.79 Å². The van der Waals surface area contributed by atoms with E-state index in [1.54, 1.807) is 13.0 Å². The Labute approximate surface area is 80.5 Å². The van der Waals surface area contributed by atoms with Crippen LogP contribution < -0.4 is 0 Å². The van der Waals surface area contributed by atoms with Gasteiger partial charge >= 0.3 is 5.97 Å². The molecule has 1 rings (SSSR count). The molecule has 0 spiro atoms. The summed E-state index contributed by atoms with van der Waals surface area (Å²) < 4.78 is 0. The van der Waals surface area contributed by atoms with E-state index in [4.69, 9.17) is 10.5 Å². The van der Waals surface area contributed by atoms with Gasteiger partial charge in [0.25, 0.3) is 0 Å². The third-order valence-electron chi connectivity index (χ3n) is 1.84. The molecular weight excluding hydrogens is 186 g/mol. The normalized spacial score (nSPS) is 12.4. The van der Waals surface area contributed by atoms with Gasteiger partial charge in [-0.3, -0.25) is 4.79 Å². The van der Waals surface area contributed by atoms with Gasteiger partial charge in [0.2, 0.25) is 0 Å². The molecule has 0 aliphatic rings. The lowest BCUT2D eigenvalue weighted by Gasteiger charge is -2.08. The SMILES string of the molecule is CCC(C(=N)c1cccs1)C(=O)O. The Hall–Kier alpha value is -1.16. The summed E-state index contributed by atoms with van der Waals surface area (Å²) in [6.07, 6.45) is 0.464. The van der Waals surface area contributed by atoms with Gasteiger partial charge in [-0.05, 0) is 17.9 Å². The van der Waals surface area contributed by atoms with Crippen LogP contribution in [0.2, 0.25) is 0 Å². The monoisotopic (exact) mass is 197 g/mol. The summed E-state index contributed by atoms with van der Waals surface area (Å²) in [5.74, 6) is -1.58.